The van der Waals surface area contributed by atoms with Crippen molar-refractivity contribution in [1.82, 2.24) is 0 Å². The molecule has 0 spiro atoms. The Morgan fingerprint density at radius 2 is 1.85 bits per heavy atom. The van der Waals surface area contributed by atoms with Crippen molar-refractivity contribution in [3.05, 3.63) is 70.3 Å². The fourth-order valence-corrected chi connectivity index (χ4v) is 3.35. The molecule has 0 aromatic heterocycles. The molecule has 0 unspecified atom stereocenters. The molecule has 26 heavy (non-hydrogen) atoms. The fraction of sp³-hybridized carbons (Fsp3) is 0.304. The van der Waals surface area contributed by atoms with Crippen LogP contribution in [-0.4, -0.2) is 18.4 Å². The lowest BCUT2D eigenvalue weighted by molar-refractivity contribution is 0.0526. The molecule has 0 heterocycles. The molecule has 1 aliphatic carbocycles. The van der Waals surface area contributed by atoms with E-state index < -0.39 is 0 Å². The molecule has 0 saturated heterocycles. The van der Waals surface area contributed by atoms with Crippen molar-refractivity contribution in [1.29, 1.82) is 0 Å². The highest BCUT2D eigenvalue weighted by Gasteiger charge is 2.33. The van der Waals surface area contributed by atoms with Gasteiger partial charge in [-0.2, -0.15) is 0 Å². The first kappa shape index (κ1) is 17.9. The van der Waals surface area contributed by atoms with Crippen LogP contribution in [0.4, 0.5) is 0 Å². The molecule has 2 aromatic carbocycles. The quantitative estimate of drug-likeness (QED) is 0.593. The van der Waals surface area contributed by atoms with Crippen LogP contribution < -0.4 is 0 Å². The van der Waals surface area contributed by atoms with Gasteiger partial charge >= 0.3 is 5.97 Å². The van der Waals surface area contributed by atoms with E-state index in [-0.39, 0.29) is 17.2 Å². The van der Waals surface area contributed by atoms with Crippen LogP contribution in [0.2, 0.25) is 0 Å². The minimum absolute atomic E-state index is 0.0672. The smallest absolute Gasteiger partial charge is 0.338 e. The lowest BCUT2D eigenvalue weighted by Gasteiger charge is -2.32. The summed E-state index contributed by atoms with van der Waals surface area (Å²) < 4.78 is 4.99. The van der Waals surface area contributed by atoms with Gasteiger partial charge in [-0.15, -0.1) is 0 Å². The van der Waals surface area contributed by atoms with Gasteiger partial charge in [0.05, 0.1) is 12.2 Å². The third-order valence-corrected chi connectivity index (χ3v) is 4.76. The summed E-state index contributed by atoms with van der Waals surface area (Å²) in [6.07, 6.45) is 1.43. The maximum absolute atomic E-state index is 12.3. The van der Waals surface area contributed by atoms with Crippen molar-refractivity contribution in [3.63, 3.8) is 0 Å². The Kier molecular flexibility index (Phi) is 4.95. The molecule has 3 heteroatoms. The standard InChI is InChI=1S/C23H22O3/c1-4-26-22(25)18-12-9-16(10-13-18)8-11-17-6-5-7-19-20(24)14-15-23(2,3)21(17)19/h5-7,9-10,12-13H,4,14-15H2,1-3H3. The fourth-order valence-electron chi connectivity index (χ4n) is 3.35. The summed E-state index contributed by atoms with van der Waals surface area (Å²) in [5.41, 5.74) is 4.01. The topological polar surface area (TPSA) is 43.4 Å². The average molecular weight is 346 g/mol. The number of ether oxygens (including phenoxy) is 1. The molecule has 0 fully saturated rings. The van der Waals surface area contributed by atoms with E-state index in [1.807, 2.05) is 30.3 Å². The van der Waals surface area contributed by atoms with Crippen LogP contribution in [0.1, 0.15) is 71.0 Å². The summed E-state index contributed by atoms with van der Waals surface area (Å²) in [5.74, 6) is 6.24. The van der Waals surface area contributed by atoms with E-state index >= 15 is 0 Å². The number of carbonyl (C=O) groups excluding carboxylic acids is 2. The number of benzene rings is 2. The average Bonchev–Trinajstić information content (AvgIpc) is 2.64. The summed E-state index contributed by atoms with van der Waals surface area (Å²) in [4.78, 5) is 24.0. The van der Waals surface area contributed by atoms with Crippen molar-refractivity contribution in [3.8, 4) is 11.8 Å². The molecule has 3 rings (SSSR count). The number of esters is 1. The molecule has 0 amide bonds. The Hall–Kier alpha value is -2.86. The SMILES string of the molecule is CCOC(=O)c1ccc(C#Cc2cccc3c2C(C)(C)CCC3=O)cc1. The second-order valence-electron chi connectivity index (χ2n) is 7.08. The number of carbonyl (C=O) groups is 2. The zero-order chi connectivity index (χ0) is 18.7. The van der Waals surface area contributed by atoms with Crippen LogP contribution >= 0.6 is 0 Å². The number of fused-ring (bicyclic) bond motifs is 1. The van der Waals surface area contributed by atoms with Gasteiger partial charge in [0.25, 0.3) is 0 Å². The Morgan fingerprint density at radius 3 is 2.54 bits per heavy atom. The maximum atomic E-state index is 12.3. The van der Waals surface area contributed by atoms with Gasteiger partial charge in [0.1, 0.15) is 0 Å². The summed E-state index contributed by atoms with van der Waals surface area (Å²) in [6, 6.07) is 12.8. The Morgan fingerprint density at radius 1 is 1.12 bits per heavy atom. The molecular formula is C23H22O3. The monoisotopic (exact) mass is 346 g/mol. The molecule has 0 aliphatic heterocycles. The molecule has 3 nitrogen and oxygen atoms in total. The van der Waals surface area contributed by atoms with Gasteiger partial charge in [-0.1, -0.05) is 37.8 Å². The maximum Gasteiger partial charge on any atom is 0.338 e. The summed E-state index contributed by atoms with van der Waals surface area (Å²) >= 11 is 0. The number of ketones is 1. The minimum atomic E-state index is -0.329. The van der Waals surface area contributed by atoms with Crippen LogP contribution in [0.5, 0.6) is 0 Å². The third-order valence-electron chi connectivity index (χ3n) is 4.76. The van der Waals surface area contributed by atoms with Crippen LogP contribution in [0.3, 0.4) is 0 Å². The number of Topliss-reactive ketones (excluding diaryl/α,β-unsaturated/α-hetero) is 1. The van der Waals surface area contributed by atoms with Crippen LogP contribution in [0.15, 0.2) is 42.5 Å². The van der Waals surface area contributed by atoms with Gasteiger partial charge in [-0.25, -0.2) is 4.79 Å². The number of hydrogen-bond acceptors (Lipinski definition) is 3. The lowest BCUT2D eigenvalue weighted by atomic mass is 9.70. The highest BCUT2D eigenvalue weighted by molar-refractivity contribution is 5.99. The van der Waals surface area contributed by atoms with E-state index in [1.54, 1.807) is 19.1 Å². The van der Waals surface area contributed by atoms with Gasteiger partial charge < -0.3 is 4.74 Å². The molecule has 0 radical (unpaired) electrons. The molecule has 0 bridgehead atoms. The molecule has 0 saturated carbocycles. The molecule has 132 valence electrons. The molecule has 0 N–H and O–H groups in total. The van der Waals surface area contributed by atoms with E-state index in [4.69, 9.17) is 4.74 Å². The summed E-state index contributed by atoms with van der Waals surface area (Å²) in [6.45, 7) is 6.47. The van der Waals surface area contributed by atoms with Crippen LogP contribution in [-0.2, 0) is 10.2 Å². The van der Waals surface area contributed by atoms with E-state index in [2.05, 4.69) is 25.7 Å². The zero-order valence-electron chi connectivity index (χ0n) is 15.4. The van der Waals surface area contributed by atoms with E-state index in [0.717, 1.165) is 28.7 Å². The third kappa shape index (κ3) is 3.55. The highest BCUT2D eigenvalue weighted by Crippen LogP contribution is 2.38. The van der Waals surface area contributed by atoms with Crippen molar-refractivity contribution in [2.45, 2.75) is 39.0 Å². The minimum Gasteiger partial charge on any atom is -0.462 e. The van der Waals surface area contributed by atoms with Crippen molar-refractivity contribution >= 4 is 11.8 Å². The van der Waals surface area contributed by atoms with Crippen LogP contribution in [0.25, 0.3) is 0 Å². The predicted molar refractivity (Wildman–Crippen MR) is 101 cm³/mol. The normalized spacial score (nSPS) is 14.8. The van der Waals surface area contributed by atoms with E-state index in [9.17, 15) is 9.59 Å². The van der Waals surface area contributed by atoms with Crippen molar-refractivity contribution in [2.24, 2.45) is 0 Å². The van der Waals surface area contributed by atoms with Gasteiger partial charge in [0.15, 0.2) is 5.78 Å². The summed E-state index contributed by atoms with van der Waals surface area (Å²) in [5, 5.41) is 0. The number of rotatable bonds is 2. The summed E-state index contributed by atoms with van der Waals surface area (Å²) in [7, 11) is 0. The number of hydrogen-bond donors (Lipinski definition) is 0. The van der Waals surface area contributed by atoms with Gasteiger partial charge in [0, 0.05) is 23.1 Å². The van der Waals surface area contributed by atoms with Crippen molar-refractivity contribution in [2.75, 3.05) is 6.61 Å². The first-order valence-corrected chi connectivity index (χ1v) is 8.88. The second kappa shape index (κ2) is 7.17. The first-order chi connectivity index (χ1) is 12.4. The van der Waals surface area contributed by atoms with Gasteiger partial charge in [-0.05, 0) is 54.7 Å². The lowest BCUT2D eigenvalue weighted by Crippen LogP contribution is -2.28. The zero-order valence-corrected chi connectivity index (χ0v) is 15.4. The highest BCUT2D eigenvalue weighted by atomic mass is 16.5. The van der Waals surface area contributed by atoms with Gasteiger partial charge in [-0.3, -0.25) is 4.79 Å². The van der Waals surface area contributed by atoms with Gasteiger partial charge in [0.2, 0.25) is 0 Å². The second-order valence-corrected chi connectivity index (χ2v) is 7.08. The Bertz CT molecular complexity index is 909. The van der Waals surface area contributed by atoms with Crippen LogP contribution in [0, 0.1) is 11.8 Å². The largest absolute Gasteiger partial charge is 0.462 e. The Balaban J connectivity index is 1.93. The molecular weight excluding hydrogens is 324 g/mol. The van der Waals surface area contributed by atoms with Crippen molar-refractivity contribution < 1.29 is 14.3 Å². The molecule has 2 aromatic rings. The predicted octanol–water partition coefficient (Wildman–Crippen LogP) is 4.52. The Labute approximate surface area is 154 Å². The van der Waals surface area contributed by atoms with E-state index in [0.29, 0.717) is 18.6 Å². The first-order valence-electron chi connectivity index (χ1n) is 8.88. The van der Waals surface area contributed by atoms with E-state index in [1.165, 1.54) is 0 Å². The molecule has 1 aliphatic rings. The molecule has 0 atom stereocenters.